The predicted molar refractivity (Wildman–Crippen MR) is 188 cm³/mol. The Bertz CT molecular complexity index is 800. The van der Waals surface area contributed by atoms with E-state index in [0.717, 1.165) is 42.9 Å². The maximum Gasteiger partial charge on any atom is 0.270 e. The minimum absolute atomic E-state index is 0.0609. The molecule has 282 valence electrons. The molecule has 0 bridgehead atoms. The first-order valence-electron chi connectivity index (χ1n) is 19.2. The Hall–Kier alpha value is -0.0900. The van der Waals surface area contributed by atoms with Gasteiger partial charge in [-0.3, -0.25) is 9.09 Å². The Morgan fingerprint density at radius 1 is 0.617 bits per heavy atom. The molecule has 4 N–H and O–H groups in total. The van der Waals surface area contributed by atoms with E-state index in [1.165, 1.54) is 96.3 Å². The van der Waals surface area contributed by atoms with E-state index in [2.05, 4.69) is 41.5 Å². The van der Waals surface area contributed by atoms with Gasteiger partial charge in [0.1, 0.15) is 24.4 Å². The molecule has 1 aliphatic rings. The van der Waals surface area contributed by atoms with Gasteiger partial charge >= 0.3 is 0 Å². The summed E-state index contributed by atoms with van der Waals surface area (Å²) in [5, 5.41) is 38.8. The third kappa shape index (κ3) is 21.0. The van der Waals surface area contributed by atoms with Crippen molar-refractivity contribution in [2.75, 3.05) is 13.2 Å². The largest absolute Gasteiger partial charge is 0.756 e. The van der Waals surface area contributed by atoms with Crippen LogP contribution in [-0.4, -0.2) is 64.3 Å². The summed E-state index contributed by atoms with van der Waals surface area (Å²) in [6, 6.07) is 0. The maximum absolute atomic E-state index is 12.2. The fourth-order valence-corrected chi connectivity index (χ4v) is 7.66. The standard InChI is InChI=1S/C37H75O9P/c1-7-8-9-10-16-28(2)17-11-18-29(3)19-12-20-30(4)21-13-22-31(5)23-14-24-32(6)25-15-26-44-47(42,43)46-37-36(41)35(40)34(39)33(27-38)45-37/h28-41H,7-27H2,1-6H3,(H,42,43)/p-1/t28-,29-,30-,31-,32-,33+,34+,35-,36-,37+/m0/s1. The summed E-state index contributed by atoms with van der Waals surface area (Å²) in [5.74, 6) is 3.73. The van der Waals surface area contributed by atoms with Crippen LogP contribution in [0.4, 0.5) is 0 Å². The van der Waals surface area contributed by atoms with E-state index in [1.807, 2.05) is 0 Å². The van der Waals surface area contributed by atoms with Gasteiger partial charge in [-0.05, 0) is 42.4 Å². The van der Waals surface area contributed by atoms with E-state index in [-0.39, 0.29) is 6.61 Å². The Kier molecular flexibility index (Phi) is 24.7. The highest BCUT2D eigenvalue weighted by Gasteiger charge is 2.45. The number of aliphatic hydroxyl groups excluding tert-OH is 4. The zero-order valence-electron chi connectivity index (χ0n) is 30.9. The lowest BCUT2D eigenvalue weighted by atomic mass is 9.89. The van der Waals surface area contributed by atoms with Crippen LogP contribution < -0.4 is 4.89 Å². The molecule has 1 saturated heterocycles. The summed E-state index contributed by atoms with van der Waals surface area (Å²) >= 11 is 0. The average molecular weight is 694 g/mol. The van der Waals surface area contributed by atoms with Gasteiger partial charge in [0.25, 0.3) is 7.82 Å². The minimum atomic E-state index is -4.83. The summed E-state index contributed by atoms with van der Waals surface area (Å²) < 4.78 is 27.0. The lowest BCUT2D eigenvalue weighted by Crippen LogP contribution is -2.59. The minimum Gasteiger partial charge on any atom is -0.756 e. The molecule has 0 aliphatic carbocycles. The second-order valence-electron chi connectivity index (χ2n) is 15.3. The molecule has 47 heavy (non-hydrogen) atoms. The Labute approximate surface area is 288 Å². The van der Waals surface area contributed by atoms with Crippen LogP contribution in [0.1, 0.15) is 164 Å². The van der Waals surface area contributed by atoms with Crippen molar-refractivity contribution in [2.45, 2.75) is 194 Å². The van der Waals surface area contributed by atoms with Gasteiger partial charge in [-0.1, -0.05) is 151 Å². The molecule has 0 amide bonds. The quantitative estimate of drug-likeness (QED) is 0.0453. The molecule has 0 aromatic rings. The highest BCUT2D eigenvalue weighted by Crippen LogP contribution is 2.42. The van der Waals surface area contributed by atoms with Gasteiger partial charge in [-0.15, -0.1) is 0 Å². The lowest BCUT2D eigenvalue weighted by Gasteiger charge is -2.41. The van der Waals surface area contributed by atoms with E-state index in [0.29, 0.717) is 12.3 Å². The molecule has 1 aliphatic heterocycles. The van der Waals surface area contributed by atoms with Crippen molar-refractivity contribution in [3.8, 4) is 0 Å². The van der Waals surface area contributed by atoms with Gasteiger partial charge < -0.3 is 34.6 Å². The summed E-state index contributed by atoms with van der Waals surface area (Å²) in [4.78, 5) is 12.2. The molecular weight excluding hydrogens is 619 g/mol. The van der Waals surface area contributed by atoms with Gasteiger partial charge in [0.2, 0.25) is 0 Å². The first-order chi connectivity index (χ1) is 22.3. The Morgan fingerprint density at radius 2 is 1.02 bits per heavy atom. The van der Waals surface area contributed by atoms with Crippen molar-refractivity contribution in [1.82, 2.24) is 0 Å². The van der Waals surface area contributed by atoms with Crippen LogP contribution in [0.25, 0.3) is 0 Å². The summed E-state index contributed by atoms with van der Waals surface area (Å²) in [7, 11) is -4.83. The molecular formula is C37H74O9P-. The first-order valence-corrected chi connectivity index (χ1v) is 20.7. The fourth-order valence-electron chi connectivity index (χ4n) is 6.82. The highest BCUT2D eigenvalue weighted by molar-refractivity contribution is 7.45. The number of ether oxygens (including phenoxy) is 1. The second kappa shape index (κ2) is 25.8. The molecule has 0 aromatic heterocycles. The first kappa shape index (κ1) is 44.9. The monoisotopic (exact) mass is 694 g/mol. The van der Waals surface area contributed by atoms with Crippen molar-refractivity contribution < 1.29 is 43.7 Å². The smallest absolute Gasteiger partial charge is 0.270 e. The molecule has 11 atom stereocenters. The summed E-state index contributed by atoms with van der Waals surface area (Å²) in [6.45, 7) is 13.4. The zero-order valence-corrected chi connectivity index (χ0v) is 31.8. The van der Waals surface area contributed by atoms with Crippen LogP contribution in [-0.2, 0) is 18.3 Å². The van der Waals surface area contributed by atoms with E-state index in [4.69, 9.17) is 13.8 Å². The molecule has 0 spiro atoms. The molecule has 1 heterocycles. The molecule has 0 radical (unpaired) electrons. The number of hydrogen-bond donors (Lipinski definition) is 4. The number of phosphoric acid groups is 1. The van der Waals surface area contributed by atoms with Crippen LogP contribution in [0, 0.1) is 29.6 Å². The van der Waals surface area contributed by atoms with Gasteiger partial charge in [-0.25, -0.2) is 0 Å². The third-order valence-electron chi connectivity index (χ3n) is 10.3. The van der Waals surface area contributed by atoms with Crippen molar-refractivity contribution in [3.63, 3.8) is 0 Å². The molecule has 1 fully saturated rings. The van der Waals surface area contributed by atoms with Crippen LogP contribution in [0.5, 0.6) is 0 Å². The second-order valence-corrected chi connectivity index (χ2v) is 16.7. The van der Waals surface area contributed by atoms with Crippen molar-refractivity contribution >= 4 is 7.82 Å². The van der Waals surface area contributed by atoms with Gasteiger partial charge in [-0.2, -0.15) is 0 Å². The van der Waals surface area contributed by atoms with Crippen LogP contribution in [0.15, 0.2) is 0 Å². The highest BCUT2D eigenvalue weighted by atomic mass is 31.2. The number of phosphoric ester groups is 1. The zero-order chi connectivity index (χ0) is 35.2. The van der Waals surface area contributed by atoms with E-state index >= 15 is 0 Å². The van der Waals surface area contributed by atoms with E-state index in [9.17, 15) is 29.9 Å². The third-order valence-corrected chi connectivity index (χ3v) is 11.3. The topological polar surface area (TPSA) is 149 Å². The molecule has 10 heteroatoms. The van der Waals surface area contributed by atoms with Crippen LogP contribution >= 0.6 is 7.82 Å². The summed E-state index contributed by atoms with van der Waals surface area (Å²) in [5.41, 5.74) is 0. The van der Waals surface area contributed by atoms with Crippen LogP contribution in [0.3, 0.4) is 0 Å². The number of aliphatic hydroxyl groups is 4. The van der Waals surface area contributed by atoms with Crippen molar-refractivity contribution in [1.29, 1.82) is 0 Å². The normalized spacial score (nSPS) is 26.4. The molecule has 9 nitrogen and oxygen atoms in total. The number of rotatable bonds is 29. The SMILES string of the molecule is CCCCCC[C@H](C)CCC[C@H](C)CCC[C@H](C)CCC[C@H](C)CCC[C@H](C)CCCOP(=O)([O-])O[C@H]1O[C@H](CO)[C@@H](O)[C@H](O)[C@@H]1O. The molecule has 0 saturated carbocycles. The maximum atomic E-state index is 12.2. The molecule has 0 aromatic carbocycles. The Morgan fingerprint density at radius 3 is 1.43 bits per heavy atom. The van der Waals surface area contributed by atoms with Gasteiger partial charge in [0.05, 0.1) is 13.2 Å². The Balaban J connectivity index is 2.07. The lowest BCUT2D eigenvalue weighted by molar-refractivity contribution is -0.304. The summed E-state index contributed by atoms with van der Waals surface area (Å²) in [6.07, 6.45) is 15.8. The van der Waals surface area contributed by atoms with Crippen LogP contribution in [0.2, 0.25) is 0 Å². The fraction of sp³-hybridized carbons (Fsp3) is 1.00. The van der Waals surface area contributed by atoms with E-state index < -0.39 is 45.1 Å². The predicted octanol–water partition coefficient (Wildman–Crippen LogP) is 7.90. The number of hydrogen-bond acceptors (Lipinski definition) is 9. The van der Waals surface area contributed by atoms with Crippen molar-refractivity contribution in [2.24, 2.45) is 29.6 Å². The van der Waals surface area contributed by atoms with Crippen molar-refractivity contribution in [3.05, 3.63) is 0 Å². The molecule has 1 unspecified atom stereocenters. The number of unbranched alkanes of at least 4 members (excludes halogenated alkanes) is 3. The van der Waals surface area contributed by atoms with E-state index in [1.54, 1.807) is 0 Å². The average Bonchev–Trinajstić information content (AvgIpc) is 3.01. The van der Waals surface area contributed by atoms with Gasteiger partial charge in [0, 0.05) is 0 Å². The molecule has 1 rings (SSSR count). The van der Waals surface area contributed by atoms with Gasteiger partial charge in [0.15, 0.2) is 6.29 Å².